The Morgan fingerprint density at radius 2 is 2.38 bits per heavy atom. The van der Waals surface area contributed by atoms with Crippen LogP contribution in [-0.2, 0) is 16.0 Å². The molecule has 2 heterocycles. The Morgan fingerprint density at radius 3 is 3.12 bits per heavy atom. The maximum absolute atomic E-state index is 11.3. The number of aromatic nitrogens is 1. The molecule has 24 heavy (non-hydrogen) atoms. The Labute approximate surface area is 140 Å². The molecule has 1 amide bonds. The molecule has 6 nitrogen and oxygen atoms in total. The zero-order valence-corrected chi connectivity index (χ0v) is 13.4. The zero-order chi connectivity index (χ0) is 17.1. The molecule has 1 unspecified atom stereocenters. The minimum Gasteiger partial charge on any atom is -0.497 e. The molecule has 1 aromatic heterocycles. The fourth-order valence-electron chi connectivity index (χ4n) is 2.94. The molecular formula is C18H20N2O4. The molecule has 6 heteroatoms. The molecule has 1 aliphatic heterocycles. The number of methoxy groups -OCH3 is 1. The number of pyridine rings is 1. The van der Waals surface area contributed by atoms with Gasteiger partial charge in [0.25, 0.3) is 0 Å². The standard InChI is InChI=1S/C18H20N2O4/c1-23-12-5-6-14-13(10-12)11(7-8-20-14)9-15(21)16-3-2-4-17(24-16)18(19)22/h5-8,10,15-17,21H,2-3,9H2,1H3,(H2,19,22)/t15-,16-,17?/m0/s1. The van der Waals surface area contributed by atoms with Gasteiger partial charge >= 0.3 is 0 Å². The first kappa shape index (κ1) is 16.7. The Hall–Kier alpha value is -2.18. The summed E-state index contributed by atoms with van der Waals surface area (Å²) in [5, 5.41) is 11.5. The lowest BCUT2D eigenvalue weighted by molar-refractivity contribution is -0.140. The van der Waals surface area contributed by atoms with Crippen molar-refractivity contribution in [2.45, 2.75) is 37.6 Å². The van der Waals surface area contributed by atoms with Crippen LogP contribution in [0.15, 0.2) is 30.5 Å². The van der Waals surface area contributed by atoms with Crippen molar-refractivity contribution in [2.75, 3.05) is 7.11 Å². The first-order chi connectivity index (χ1) is 11.6. The molecule has 2 radical (unpaired) electrons. The van der Waals surface area contributed by atoms with Gasteiger partial charge in [-0.2, -0.15) is 0 Å². The molecule has 0 spiro atoms. The van der Waals surface area contributed by atoms with E-state index in [0.29, 0.717) is 19.3 Å². The number of primary amides is 1. The quantitative estimate of drug-likeness (QED) is 0.862. The number of nitrogens with zero attached hydrogens (tertiary/aromatic N) is 1. The van der Waals surface area contributed by atoms with E-state index in [1.807, 2.05) is 24.3 Å². The predicted molar refractivity (Wildman–Crippen MR) is 88.3 cm³/mol. The topological polar surface area (TPSA) is 94.7 Å². The maximum atomic E-state index is 11.3. The van der Waals surface area contributed by atoms with Crippen LogP contribution in [0.1, 0.15) is 18.4 Å². The molecule has 1 aromatic carbocycles. The van der Waals surface area contributed by atoms with Gasteiger partial charge in [0.1, 0.15) is 11.9 Å². The fraction of sp³-hybridized carbons (Fsp3) is 0.389. The largest absolute Gasteiger partial charge is 0.497 e. The summed E-state index contributed by atoms with van der Waals surface area (Å²) in [5.74, 6) is 0.157. The highest BCUT2D eigenvalue weighted by Gasteiger charge is 2.31. The van der Waals surface area contributed by atoms with Crippen molar-refractivity contribution < 1.29 is 19.4 Å². The second kappa shape index (κ2) is 7.15. The third-order valence-electron chi connectivity index (χ3n) is 4.23. The number of ether oxygens (including phenoxy) is 2. The molecule has 0 bridgehead atoms. The van der Waals surface area contributed by atoms with E-state index in [2.05, 4.69) is 11.4 Å². The van der Waals surface area contributed by atoms with Crippen LogP contribution in [0.2, 0.25) is 0 Å². The SMILES string of the molecule is COc1ccc2nccc(C[C@H](O)[C@@H]3CC[C]C(C(N)=O)O3)c2c1. The van der Waals surface area contributed by atoms with Crippen LogP contribution in [-0.4, -0.2) is 41.4 Å². The summed E-state index contributed by atoms with van der Waals surface area (Å²) in [5.41, 5.74) is 7.04. The Balaban J connectivity index is 1.80. The third-order valence-corrected chi connectivity index (χ3v) is 4.23. The van der Waals surface area contributed by atoms with Crippen LogP contribution in [0.3, 0.4) is 0 Å². The molecule has 3 rings (SSSR count). The zero-order valence-electron chi connectivity index (χ0n) is 13.4. The Bertz CT molecular complexity index is 734. The van der Waals surface area contributed by atoms with Crippen molar-refractivity contribution in [1.29, 1.82) is 0 Å². The number of amides is 1. The van der Waals surface area contributed by atoms with Crippen LogP contribution in [0.4, 0.5) is 0 Å². The molecule has 126 valence electrons. The molecular weight excluding hydrogens is 308 g/mol. The number of carbonyl (C=O) groups is 1. The van der Waals surface area contributed by atoms with E-state index < -0.39 is 24.2 Å². The van der Waals surface area contributed by atoms with E-state index in [1.165, 1.54) is 0 Å². The van der Waals surface area contributed by atoms with Crippen molar-refractivity contribution in [2.24, 2.45) is 5.73 Å². The van der Waals surface area contributed by atoms with Crippen molar-refractivity contribution in [1.82, 2.24) is 4.98 Å². The summed E-state index contributed by atoms with van der Waals surface area (Å²) in [4.78, 5) is 15.6. The average Bonchev–Trinajstić information content (AvgIpc) is 2.61. The van der Waals surface area contributed by atoms with E-state index >= 15 is 0 Å². The maximum Gasteiger partial charge on any atom is 0.247 e. The average molecular weight is 328 g/mol. The van der Waals surface area contributed by atoms with Gasteiger partial charge in [0.05, 0.1) is 24.8 Å². The van der Waals surface area contributed by atoms with Crippen molar-refractivity contribution in [3.63, 3.8) is 0 Å². The van der Waals surface area contributed by atoms with Gasteiger partial charge in [0, 0.05) is 24.4 Å². The number of aliphatic hydroxyl groups is 1. The predicted octanol–water partition coefficient (Wildman–Crippen LogP) is 1.26. The highest BCUT2D eigenvalue weighted by atomic mass is 16.5. The summed E-state index contributed by atoms with van der Waals surface area (Å²) < 4.78 is 10.8. The third kappa shape index (κ3) is 3.49. The van der Waals surface area contributed by atoms with E-state index in [4.69, 9.17) is 15.2 Å². The lowest BCUT2D eigenvalue weighted by atomic mass is 9.95. The van der Waals surface area contributed by atoms with Crippen LogP contribution in [0.5, 0.6) is 5.75 Å². The molecule has 1 saturated heterocycles. The minimum atomic E-state index is -0.854. The molecule has 1 fully saturated rings. The summed E-state index contributed by atoms with van der Waals surface area (Å²) in [6.45, 7) is 0. The minimum absolute atomic E-state index is 0.391. The number of fused-ring (bicyclic) bond motifs is 1. The summed E-state index contributed by atoms with van der Waals surface area (Å²) in [7, 11) is 1.61. The fourth-order valence-corrected chi connectivity index (χ4v) is 2.94. The Kier molecular flexibility index (Phi) is 4.97. The second-order valence-electron chi connectivity index (χ2n) is 5.82. The molecule has 3 N–H and O–H groups in total. The summed E-state index contributed by atoms with van der Waals surface area (Å²) in [6.07, 6.45) is 4.12. The lowest BCUT2D eigenvalue weighted by Crippen LogP contribution is -2.43. The van der Waals surface area contributed by atoms with Crippen molar-refractivity contribution in [3.8, 4) is 5.75 Å². The molecule has 0 saturated carbocycles. The highest BCUT2D eigenvalue weighted by Crippen LogP contribution is 2.26. The lowest BCUT2D eigenvalue weighted by Gasteiger charge is -2.31. The number of nitrogens with two attached hydrogens (primary N) is 1. The molecule has 2 aromatic rings. The van der Waals surface area contributed by atoms with Gasteiger partial charge in [-0.05, 0) is 42.7 Å². The van der Waals surface area contributed by atoms with Crippen molar-refractivity contribution >= 4 is 16.8 Å². The highest BCUT2D eigenvalue weighted by molar-refractivity contribution is 5.83. The number of carbonyl (C=O) groups excluding carboxylic acids is 1. The first-order valence-electron chi connectivity index (χ1n) is 7.86. The van der Waals surface area contributed by atoms with Gasteiger partial charge in [-0.25, -0.2) is 0 Å². The number of rotatable bonds is 5. The number of hydrogen-bond acceptors (Lipinski definition) is 5. The van der Waals surface area contributed by atoms with Gasteiger partial charge in [-0.15, -0.1) is 0 Å². The van der Waals surface area contributed by atoms with Crippen LogP contribution < -0.4 is 10.5 Å². The van der Waals surface area contributed by atoms with Gasteiger partial charge in [-0.3, -0.25) is 9.78 Å². The normalized spacial score (nSPS) is 22.2. The van der Waals surface area contributed by atoms with E-state index in [0.717, 1.165) is 22.2 Å². The Morgan fingerprint density at radius 1 is 1.54 bits per heavy atom. The monoisotopic (exact) mass is 328 g/mol. The second-order valence-corrected chi connectivity index (χ2v) is 5.82. The molecule has 1 aliphatic rings. The number of aliphatic hydroxyl groups excluding tert-OH is 1. The van der Waals surface area contributed by atoms with E-state index in [-0.39, 0.29) is 0 Å². The van der Waals surface area contributed by atoms with E-state index in [9.17, 15) is 9.90 Å². The molecule has 0 aliphatic carbocycles. The molecule has 3 atom stereocenters. The van der Waals surface area contributed by atoms with Crippen molar-refractivity contribution in [3.05, 3.63) is 42.4 Å². The van der Waals surface area contributed by atoms with Crippen LogP contribution >= 0.6 is 0 Å². The van der Waals surface area contributed by atoms with Gasteiger partial charge in [-0.1, -0.05) is 0 Å². The summed E-state index contributed by atoms with van der Waals surface area (Å²) >= 11 is 0. The van der Waals surface area contributed by atoms with E-state index in [1.54, 1.807) is 13.3 Å². The first-order valence-corrected chi connectivity index (χ1v) is 7.86. The van der Waals surface area contributed by atoms with Gasteiger partial charge in [0.2, 0.25) is 5.91 Å². The number of benzene rings is 1. The smallest absolute Gasteiger partial charge is 0.247 e. The summed E-state index contributed by atoms with van der Waals surface area (Å²) in [6, 6.07) is 7.51. The van der Waals surface area contributed by atoms with Crippen LogP contribution in [0.25, 0.3) is 10.9 Å². The van der Waals surface area contributed by atoms with Crippen LogP contribution in [0, 0.1) is 6.42 Å². The van der Waals surface area contributed by atoms with Gasteiger partial charge in [0.15, 0.2) is 0 Å². The van der Waals surface area contributed by atoms with Gasteiger partial charge < -0.3 is 20.3 Å². The number of hydrogen-bond donors (Lipinski definition) is 2.